The molecule has 2 atom stereocenters. The molecule has 0 aliphatic carbocycles. The van der Waals surface area contributed by atoms with E-state index in [0.29, 0.717) is 16.7 Å². The molecule has 0 unspecified atom stereocenters. The highest BCUT2D eigenvalue weighted by Crippen LogP contribution is 2.39. The lowest BCUT2D eigenvalue weighted by atomic mass is 10.0. The molecule has 5 nitrogen and oxygen atoms in total. The molecular weight excluding hydrogens is 392 g/mol. The molecule has 26 heavy (non-hydrogen) atoms. The van der Waals surface area contributed by atoms with Crippen molar-refractivity contribution in [3.63, 3.8) is 0 Å². The molecule has 2 heterocycles. The van der Waals surface area contributed by atoms with Crippen LogP contribution < -0.4 is 0 Å². The number of halogens is 1. The zero-order valence-electron chi connectivity index (χ0n) is 14.9. The molecule has 2 saturated heterocycles. The van der Waals surface area contributed by atoms with Crippen molar-refractivity contribution in [3.05, 3.63) is 34.9 Å². The molecule has 0 spiro atoms. The maximum Gasteiger partial charge on any atom is 0.251 e. The predicted octanol–water partition coefficient (Wildman–Crippen LogP) is 3.37. The highest BCUT2D eigenvalue weighted by molar-refractivity contribution is 8.15. The van der Waals surface area contributed by atoms with Gasteiger partial charge in [0.25, 0.3) is 5.91 Å². The van der Waals surface area contributed by atoms with E-state index in [1.165, 1.54) is 11.8 Å². The Morgan fingerprint density at radius 2 is 1.92 bits per heavy atom. The second-order valence-electron chi connectivity index (χ2n) is 6.80. The van der Waals surface area contributed by atoms with E-state index in [4.69, 9.17) is 11.6 Å². The zero-order valence-corrected chi connectivity index (χ0v) is 17.3. The number of nitrogens with zero attached hydrogens (tertiary/aromatic N) is 2. The van der Waals surface area contributed by atoms with Gasteiger partial charge in [-0.2, -0.15) is 4.99 Å². The first kappa shape index (κ1) is 19.7. The minimum Gasteiger partial charge on any atom is -0.342 e. The first-order valence-corrected chi connectivity index (χ1v) is 11.9. The van der Waals surface area contributed by atoms with Crippen LogP contribution in [0.3, 0.4) is 0 Å². The number of fused-ring (bicyclic) bond motifs is 1. The summed E-state index contributed by atoms with van der Waals surface area (Å²) >= 11 is 7.38. The number of benzene rings is 1. The topological polar surface area (TPSA) is 66.8 Å². The van der Waals surface area contributed by atoms with Gasteiger partial charge in [0.15, 0.2) is 15.0 Å². The lowest BCUT2D eigenvalue weighted by molar-refractivity contribution is -0.121. The summed E-state index contributed by atoms with van der Waals surface area (Å²) in [7, 11) is -3.04. The Labute approximate surface area is 164 Å². The van der Waals surface area contributed by atoms with Gasteiger partial charge in [0, 0.05) is 22.7 Å². The number of amides is 1. The van der Waals surface area contributed by atoms with Gasteiger partial charge in [0.1, 0.15) is 0 Å². The van der Waals surface area contributed by atoms with Gasteiger partial charge < -0.3 is 4.90 Å². The van der Waals surface area contributed by atoms with Gasteiger partial charge in [-0.15, -0.1) is 0 Å². The van der Waals surface area contributed by atoms with E-state index in [-0.39, 0.29) is 34.6 Å². The van der Waals surface area contributed by atoms with E-state index in [1.807, 2.05) is 43.0 Å². The fourth-order valence-corrected chi connectivity index (χ4v) is 7.51. The normalized spacial score (nSPS) is 25.8. The van der Waals surface area contributed by atoms with E-state index < -0.39 is 9.84 Å². The Hall–Kier alpha value is -1.05. The van der Waals surface area contributed by atoms with Gasteiger partial charge >= 0.3 is 0 Å². The van der Waals surface area contributed by atoms with E-state index in [0.717, 1.165) is 18.4 Å². The Bertz CT molecular complexity index is 804. The average Bonchev–Trinajstić information content (AvgIpc) is 3.03. The van der Waals surface area contributed by atoms with Crippen molar-refractivity contribution in [2.45, 2.75) is 44.5 Å². The molecule has 3 rings (SSSR count). The van der Waals surface area contributed by atoms with Crippen LogP contribution >= 0.6 is 23.4 Å². The number of aliphatic imine (C=N–C) groups is 1. The largest absolute Gasteiger partial charge is 0.342 e. The highest BCUT2D eigenvalue weighted by atomic mass is 35.5. The molecule has 2 aliphatic rings. The maximum atomic E-state index is 12.5. The van der Waals surface area contributed by atoms with E-state index in [1.54, 1.807) is 0 Å². The van der Waals surface area contributed by atoms with Crippen molar-refractivity contribution in [2.75, 3.05) is 11.5 Å². The lowest BCUT2D eigenvalue weighted by Gasteiger charge is -2.24. The van der Waals surface area contributed by atoms with Crippen LogP contribution in [0.25, 0.3) is 0 Å². The van der Waals surface area contributed by atoms with Crippen molar-refractivity contribution in [2.24, 2.45) is 10.9 Å². The number of thioether (sulfide) groups is 1. The molecule has 0 radical (unpaired) electrons. The van der Waals surface area contributed by atoms with Gasteiger partial charge in [-0.3, -0.25) is 4.79 Å². The molecule has 8 heteroatoms. The van der Waals surface area contributed by atoms with Crippen LogP contribution in [0.2, 0.25) is 5.02 Å². The summed E-state index contributed by atoms with van der Waals surface area (Å²) in [6.45, 7) is 4.50. The minimum absolute atomic E-state index is 0.0550. The van der Waals surface area contributed by atoms with Crippen molar-refractivity contribution in [1.82, 2.24) is 4.90 Å². The number of rotatable bonds is 5. The van der Waals surface area contributed by atoms with E-state index >= 15 is 0 Å². The molecule has 1 aromatic rings. The molecule has 1 aromatic carbocycles. The monoisotopic (exact) mass is 414 g/mol. The SMILES string of the molecule is CCC(CC)C(=O)N=C1S[C@@H]2CS(=O)(=O)C[C@H]2N1Cc1ccc(Cl)cc1. The van der Waals surface area contributed by atoms with Gasteiger partial charge in [-0.1, -0.05) is 49.3 Å². The fourth-order valence-electron chi connectivity index (χ4n) is 3.43. The standard InChI is InChI=1S/C18H23ClN2O3S2/c1-3-13(4-2)17(22)20-18-21(9-12-5-7-14(19)8-6-12)15-10-26(23,24)11-16(15)25-18/h5-8,13,15-16H,3-4,9-11H2,1-2H3/t15-,16-/m1/s1. The summed E-state index contributed by atoms with van der Waals surface area (Å²) in [6, 6.07) is 7.34. The Balaban J connectivity index is 1.88. The first-order valence-electron chi connectivity index (χ1n) is 8.83. The maximum absolute atomic E-state index is 12.5. The summed E-state index contributed by atoms with van der Waals surface area (Å²) < 4.78 is 24.1. The Morgan fingerprint density at radius 1 is 1.27 bits per heavy atom. The molecule has 2 fully saturated rings. The van der Waals surface area contributed by atoms with Crippen LogP contribution in [0, 0.1) is 5.92 Å². The van der Waals surface area contributed by atoms with Crippen molar-refractivity contribution in [3.8, 4) is 0 Å². The molecular formula is C18H23ClN2O3S2. The summed E-state index contributed by atoms with van der Waals surface area (Å²) in [5.41, 5.74) is 1.02. The Kier molecular flexibility index (Phi) is 5.99. The highest BCUT2D eigenvalue weighted by Gasteiger charge is 2.48. The van der Waals surface area contributed by atoms with E-state index in [9.17, 15) is 13.2 Å². The first-order chi connectivity index (χ1) is 12.3. The molecule has 0 aromatic heterocycles. The van der Waals surface area contributed by atoms with Gasteiger partial charge in [-0.25, -0.2) is 8.42 Å². The number of amidine groups is 1. The van der Waals surface area contributed by atoms with Gasteiger partial charge in [-0.05, 0) is 30.5 Å². The lowest BCUT2D eigenvalue weighted by Crippen LogP contribution is -2.37. The third-order valence-corrected chi connectivity index (χ3v) is 8.48. The van der Waals surface area contributed by atoms with Crippen molar-refractivity contribution >= 4 is 44.3 Å². The Morgan fingerprint density at radius 3 is 2.54 bits per heavy atom. The third kappa shape index (κ3) is 4.26. The zero-order chi connectivity index (χ0) is 18.9. The number of sulfone groups is 1. The summed E-state index contributed by atoms with van der Waals surface area (Å²) in [5.74, 6) is 0.0831. The second kappa shape index (κ2) is 7.90. The smallest absolute Gasteiger partial charge is 0.251 e. The van der Waals surface area contributed by atoms with Crippen LogP contribution in [0.4, 0.5) is 0 Å². The van der Waals surface area contributed by atoms with Crippen LogP contribution in [0.15, 0.2) is 29.3 Å². The summed E-state index contributed by atoms with van der Waals surface area (Å²) in [4.78, 5) is 18.9. The van der Waals surface area contributed by atoms with Crippen molar-refractivity contribution in [1.29, 1.82) is 0 Å². The van der Waals surface area contributed by atoms with Crippen LogP contribution in [-0.4, -0.2) is 47.2 Å². The number of carbonyl (C=O) groups excluding carboxylic acids is 1. The second-order valence-corrected chi connectivity index (χ2v) is 10.6. The number of hydrogen-bond donors (Lipinski definition) is 0. The molecule has 0 bridgehead atoms. The van der Waals surface area contributed by atoms with Crippen LogP contribution in [-0.2, 0) is 21.2 Å². The van der Waals surface area contributed by atoms with Crippen molar-refractivity contribution < 1.29 is 13.2 Å². The van der Waals surface area contributed by atoms with Gasteiger partial charge in [0.05, 0.1) is 17.5 Å². The summed E-state index contributed by atoms with van der Waals surface area (Å²) in [6.07, 6.45) is 1.52. The number of carbonyl (C=O) groups is 1. The van der Waals surface area contributed by atoms with E-state index in [2.05, 4.69) is 4.99 Å². The summed E-state index contributed by atoms with van der Waals surface area (Å²) in [5, 5.41) is 1.26. The predicted molar refractivity (Wildman–Crippen MR) is 107 cm³/mol. The molecule has 2 aliphatic heterocycles. The minimum atomic E-state index is -3.04. The molecule has 142 valence electrons. The van der Waals surface area contributed by atoms with Crippen LogP contribution in [0.1, 0.15) is 32.3 Å². The quantitative estimate of drug-likeness (QED) is 0.738. The molecule has 0 saturated carbocycles. The molecule has 0 N–H and O–H groups in total. The molecule has 1 amide bonds. The van der Waals surface area contributed by atoms with Crippen LogP contribution in [0.5, 0.6) is 0 Å². The third-order valence-electron chi connectivity index (χ3n) is 4.98. The number of hydrogen-bond acceptors (Lipinski definition) is 4. The van der Waals surface area contributed by atoms with Gasteiger partial charge in [0.2, 0.25) is 0 Å². The average molecular weight is 415 g/mol. The fraction of sp³-hybridized carbons (Fsp3) is 0.556.